The third-order valence-corrected chi connectivity index (χ3v) is 2.85. The summed E-state index contributed by atoms with van der Waals surface area (Å²) in [5.74, 6) is 0.233. The zero-order chi connectivity index (χ0) is 13.5. The summed E-state index contributed by atoms with van der Waals surface area (Å²) in [5.41, 5.74) is 1.09. The predicted octanol–water partition coefficient (Wildman–Crippen LogP) is 2.87. The van der Waals surface area contributed by atoms with Crippen LogP contribution in [-0.2, 0) is 9.59 Å². The van der Waals surface area contributed by atoms with Crippen molar-refractivity contribution < 1.29 is 9.59 Å². The van der Waals surface area contributed by atoms with Gasteiger partial charge in [-0.05, 0) is 25.3 Å². The number of carbonyl (C=O) groups excluding carboxylic acids is 2. The van der Waals surface area contributed by atoms with Crippen LogP contribution in [0, 0.1) is 5.92 Å². The quantitative estimate of drug-likeness (QED) is 0.840. The molecule has 1 aromatic carbocycles. The lowest BCUT2D eigenvalue weighted by Gasteiger charge is -2.16. The summed E-state index contributed by atoms with van der Waals surface area (Å²) >= 11 is 0. The second-order valence-corrected chi connectivity index (χ2v) is 4.92. The highest BCUT2D eigenvalue weighted by Gasteiger charge is 2.13. The Labute approximate surface area is 109 Å². The maximum Gasteiger partial charge on any atom is 0.220 e. The van der Waals surface area contributed by atoms with Crippen molar-refractivity contribution in [2.75, 3.05) is 0 Å². The van der Waals surface area contributed by atoms with Crippen molar-refractivity contribution in [1.29, 1.82) is 0 Å². The number of rotatable bonds is 6. The van der Waals surface area contributed by atoms with Crippen LogP contribution in [0.3, 0.4) is 0 Å². The molecule has 0 aromatic heterocycles. The molecule has 1 N–H and O–H groups in total. The number of hydrogen-bond acceptors (Lipinski definition) is 2. The Bertz CT molecular complexity index is 400. The molecule has 0 aliphatic heterocycles. The van der Waals surface area contributed by atoms with E-state index in [0.29, 0.717) is 12.8 Å². The highest BCUT2D eigenvalue weighted by molar-refractivity contribution is 5.79. The standard InChI is InChI=1S/C15H21NO2/c1-11(9-12(2)17)10-15(18)16-13(3)14-7-5-4-6-8-14/h4-8,11,13H,9-10H2,1-3H3,(H,16,18)/t11-,13+/m1/s1. The molecular weight excluding hydrogens is 226 g/mol. The van der Waals surface area contributed by atoms with Gasteiger partial charge in [-0.2, -0.15) is 0 Å². The molecule has 1 amide bonds. The van der Waals surface area contributed by atoms with Crippen molar-refractivity contribution in [3.05, 3.63) is 35.9 Å². The summed E-state index contributed by atoms with van der Waals surface area (Å²) in [6.07, 6.45) is 0.865. The van der Waals surface area contributed by atoms with Crippen LogP contribution in [0.1, 0.15) is 45.2 Å². The average molecular weight is 247 g/mol. The number of amides is 1. The Morgan fingerprint density at radius 2 is 1.72 bits per heavy atom. The summed E-state index contributed by atoms with van der Waals surface area (Å²) in [7, 11) is 0. The van der Waals surface area contributed by atoms with E-state index >= 15 is 0 Å². The van der Waals surface area contributed by atoms with Crippen molar-refractivity contribution in [2.45, 2.75) is 39.7 Å². The van der Waals surface area contributed by atoms with Gasteiger partial charge in [0.15, 0.2) is 0 Å². The second-order valence-electron chi connectivity index (χ2n) is 4.92. The molecule has 0 unspecified atom stereocenters. The first kappa shape index (κ1) is 14.4. The normalized spacial score (nSPS) is 13.7. The number of ketones is 1. The topological polar surface area (TPSA) is 46.2 Å². The lowest BCUT2D eigenvalue weighted by Crippen LogP contribution is -2.28. The van der Waals surface area contributed by atoms with Crippen LogP contribution in [0.4, 0.5) is 0 Å². The summed E-state index contributed by atoms with van der Waals surface area (Å²) in [5, 5.41) is 2.95. The fourth-order valence-corrected chi connectivity index (χ4v) is 2.00. The van der Waals surface area contributed by atoms with Gasteiger partial charge in [-0.3, -0.25) is 4.79 Å². The highest BCUT2D eigenvalue weighted by Crippen LogP contribution is 2.13. The molecule has 0 spiro atoms. The van der Waals surface area contributed by atoms with E-state index in [1.54, 1.807) is 6.92 Å². The van der Waals surface area contributed by atoms with Gasteiger partial charge in [-0.15, -0.1) is 0 Å². The SMILES string of the molecule is CC(=O)C[C@@H](C)CC(=O)N[C@@H](C)c1ccccc1. The van der Waals surface area contributed by atoms with Crippen LogP contribution < -0.4 is 5.32 Å². The lowest BCUT2D eigenvalue weighted by molar-refractivity contribution is -0.123. The van der Waals surface area contributed by atoms with Crippen molar-refractivity contribution in [3.63, 3.8) is 0 Å². The molecule has 3 heteroatoms. The Hall–Kier alpha value is -1.64. The highest BCUT2D eigenvalue weighted by atomic mass is 16.1. The van der Waals surface area contributed by atoms with Gasteiger partial charge in [0.25, 0.3) is 0 Å². The molecule has 0 fully saturated rings. The third kappa shape index (κ3) is 5.13. The van der Waals surface area contributed by atoms with E-state index < -0.39 is 0 Å². The van der Waals surface area contributed by atoms with Crippen molar-refractivity contribution >= 4 is 11.7 Å². The van der Waals surface area contributed by atoms with Crippen LogP contribution >= 0.6 is 0 Å². The number of hydrogen-bond donors (Lipinski definition) is 1. The van der Waals surface area contributed by atoms with Gasteiger partial charge in [-0.25, -0.2) is 0 Å². The Kier molecular flexibility index (Phi) is 5.56. The van der Waals surface area contributed by atoms with Crippen LogP contribution in [0.2, 0.25) is 0 Å². The van der Waals surface area contributed by atoms with Gasteiger partial charge < -0.3 is 10.1 Å². The van der Waals surface area contributed by atoms with E-state index in [4.69, 9.17) is 0 Å². The second kappa shape index (κ2) is 6.94. The summed E-state index contributed by atoms with van der Waals surface area (Å²) in [6, 6.07) is 9.84. The molecule has 0 saturated heterocycles. The van der Waals surface area contributed by atoms with Crippen LogP contribution in [0.25, 0.3) is 0 Å². The molecule has 0 aliphatic carbocycles. The molecule has 0 saturated carbocycles. The Balaban J connectivity index is 2.43. The molecule has 2 atom stereocenters. The van der Waals surface area contributed by atoms with E-state index in [2.05, 4.69) is 5.32 Å². The molecule has 0 radical (unpaired) electrons. The van der Waals surface area contributed by atoms with Crippen LogP contribution in [0.5, 0.6) is 0 Å². The fourth-order valence-electron chi connectivity index (χ4n) is 2.00. The van der Waals surface area contributed by atoms with Gasteiger partial charge in [0, 0.05) is 12.8 Å². The summed E-state index contributed by atoms with van der Waals surface area (Å²) in [4.78, 5) is 22.7. The molecule has 0 aliphatic rings. The van der Waals surface area contributed by atoms with Gasteiger partial charge in [0.1, 0.15) is 5.78 Å². The molecule has 98 valence electrons. The Morgan fingerprint density at radius 1 is 1.11 bits per heavy atom. The number of benzene rings is 1. The van der Waals surface area contributed by atoms with Crippen molar-refractivity contribution in [3.8, 4) is 0 Å². The summed E-state index contributed by atoms with van der Waals surface area (Å²) < 4.78 is 0. The van der Waals surface area contributed by atoms with E-state index in [0.717, 1.165) is 5.56 Å². The van der Waals surface area contributed by atoms with Gasteiger partial charge in [-0.1, -0.05) is 37.3 Å². The van der Waals surface area contributed by atoms with Gasteiger partial charge in [0.05, 0.1) is 6.04 Å². The molecule has 1 rings (SSSR count). The molecule has 0 bridgehead atoms. The number of Topliss-reactive ketones (excluding diaryl/α,β-unsaturated/α-hetero) is 1. The first-order chi connectivity index (χ1) is 8.49. The molecule has 3 nitrogen and oxygen atoms in total. The first-order valence-electron chi connectivity index (χ1n) is 6.32. The largest absolute Gasteiger partial charge is 0.350 e. The molecule has 18 heavy (non-hydrogen) atoms. The summed E-state index contributed by atoms with van der Waals surface area (Å²) in [6.45, 7) is 5.44. The van der Waals surface area contributed by atoms with Crippen molar-refractivity contribution in [1.82, 2.24) is 5.32 Å². The molecule has 0 heterocycles. The van der Waals surface area contributed by atoms with Crippen molar-refractivity contribution in [2.24, 2.45) is 5.92 Å². The zero-order valence-corrected chi connectivity index (χ0v) is 11.3. The molecule has 1 aromatic rings. The zero-order valence-electron chi connectivity index (χ0n) is 11.3. The maximum atomic E-state index is 11.8. The monoisotopic (exact) mass is 247 g/mol. The van der Waals surface area contributed by atoms with E-state index in [1.807, 2.05) is 44.2 Å². The van der Waals surface area contributed by atoms with Crippen LogP contribution in [-0.4, -0.2) is 11.7 Å². The predicted molar refractivity (Wildman–Crippen MR) is 72.1 cm³/mol. The number of carbonyl (C=O) groups is 2. The maximum absolute atomic E-state index is 11.8. The first-order valence-corrected chi connectivity index (χ1v) is 6.32. The Morgan fingerprint density at radius 3 is 2.28 bits per heavy atom. The van der Waals surface area contributed by atoms with E-state index in [-0.39, 0.29) is 23.7 Å². The van der Waals surface area contributed by atoms with Crippen LogP contribution in [0.15, 0.2) is 30.3 Å². The minimum absolute atomic E-state index is 0.0000954. The van der Waals surface area contributed by atoms with E-state index in [1.165, 1.54) is 0 Å². The fraction of sp³-hybridized carbons (Fsp3) is 0.467. The minimum Gasteiger partial charge on any atom is -0.350 e. The van der Waals surface area contributed by atoms with Gasteiger partial charge >= 0.3 is 0 Å². The number of nitrogens with one attached hydrogen (secondary N) is 1. The third-order valence-electron chi connectivity index (χ3n) is 2.85. The minimum atomic E-state index is 0.0000954. The molecular formula is C15H21NO2. The smallest absolute Gasteiger partial charge is 0.220 e. The lowest BCUT2D eigenvalue weighted by atomic mass is 10.0. The van der Waals surface area contributed by atoms with E-state index in [9.17, 15) is 9.59 Å². The average Bonchev–Trinajstić information content (AvgIpc) is 2.28. The van der Waals surface area contributed by atoms with Gasteiger partial charge in [0.2, 0.25) is 5.91 Å².